The fourth-order valence-corrected chi connectivity index (χ4v) is 1.75. The molecular weight excluding hydrogens is 258 g/mol. The summed E-state index contributed by atoms with van der Waals surface area (Å²) in [4.78, 5) is 4.27. The molecule has 0 bridgehead atoms. The van der Waals surface area contributed by atoms with Crippen LogP contribution >= 0.6 is 0 Å². The molecule has 0 unspecified atom stereocenters. The monoisotopic (exact) mass is 275 g/mol. The van der Waals surface area contributed by atoms with E-state index >= 15 is 0 Å². The van der Waals surface area contributed by atoms with Crippen LogP contribution in [-0.4, -0.2) is 19.2 Å². The molecule has 0 fully saturated rings. The van der Waals surface area contributed by atoms with Crippen molar-refractivity contribution < 1.29 is 14.2 Å². The number of methoxy groups -OCH3 is 2. The van der Waals surface area contributed by atoms with E-state index in [1.54, 1.807) is 20.3 Å². The fourth-order valence-electron chi connectivity index (χ4n) is 1.75. The van der Waals surface area contributed by atoms with Gasteiger partial charge in [0.2, 0.25) is 5.75 Å². The van der Waals surface area contributed by atoms with Crippen LogP contribution in [0.15, 0.2) is 36.4 Å². The predicted octanol–water partition coefficient (Wildman–Crippen LogP) is 1.96. The molecule has 0 atom stereocenters. The molecule has 0 aliphatic heterocycles. The Morgan fingerprint density at radius 2 is 1.70 bits per heavy atom. The van der Waals surface area contributed by atoms with Gasteiger partial charge in [-0.3, -0.25) is 0 Å². The Kier molecular flexibility index (Phi) is 4.62. The summed E-state index contributed by atoms with van der Waals surface area (Å²) < 4.78 is 16.3. The van der Waals surface area contributed by atoms with Gasteiger partial charge in [-0.05, 0) is 24.3 Å². The standard InChI is InChI=1S/C14H17N3O3/c1-18-11-6-4-7-12(19-2)14(11)20-9-10-5-3-8-13(16-10)17-15/h3-8H,9,15H2,1-2H3,(H,16,17). The van der Waals surface area contributed by atoms with E-state index in [4.69, 9.17) is 20.1 Å². The molecule has 0 saturated heterocycles. The lowest BCUT2D eigenvalue weighted by Gasteiger charge is -2.14. The van der Waals surface area contributed by atoms with Gasteiger partial charge in [-0.2, -0.15) is 0 Å². The van der Waals surface area contributed by atoms with Gasteiger partial charge in [0.25, 0.3) is 0 Å². The zero-order chi connectivity index (χ0) is 14.4. The van der Waals surface area contributed by atoms with E-state index in [-0.39, 0.29) is 6.61 Å². The fraction of sp³-hybridized carbons (Fsp3) is 0.214. The van der Waals surface area contributed by atoms with Crippen molar-refractivity contribution in [3.63, 3.8) is 0 Å². The number of aromatic nitrogens is 1. The first-order valence-electron chi connectivity index (χ1n) is 6.05. The van der Waals surface area contributed by atoms with Gasteiger partial charge >= 0.3 is 0 Å². The molecule has 2 aromatic rings. The molecule has 6 nitrogen and oxygen atoms in total. The zero-order valence-corrected chi connectivity index (χ0v) is 11.4. The van der Waals surface area contributed by atoms with Crippen molar-refractivity contribution in [1.82, 2.24) is 4.98 Å². The van der Waals surface area contributed by atoms with Gasteiger partial charge in [-0.25, -0.2) is 10.8 Å². The first-order chi connectivity index (χ1) is 9.78. The summed E-state index contributed by atoms with van der Waals surface area (Å²) in [6.07, 6.45) is 0. The number of hydrogen-bond acceptors (Lipinski definition) is 6. The van der Waals surface area contributed by atoms with Gasteiger partial charge in [0.15, 0.2) is 11.5 Å². The van der Waals surface area contributed by atoms with Gasteiger partial charge in [-0.1, -0.05) is 12.1 Å². The van der Waals surface area contributed by atoms with Gasteiger partial charge < -0.3 is 19.6 Å². The SMILES string of the molecule is COc1cccc(OC)c1OCc1cccc(NN)n1. The first-order valence-corrected chi connectivity index (χ1v) is 6.05. The highest BCUT2D eigenvalue weighted by molar-refractivity contribution is 5.51. The number of ether oxygens (including phenoxy) is 3. The van der Waals surface area contributed by atoms with E-state index in [9.17, 15) is 0 Å². The third-order valence-corrected chi connectivity index (χ3v) is 2.70. The molecular formula is C14H17N3O3. The number of nitrogens with two attached hydrogens (primary N) is 1. The van der Waals surface area contributed by atoms with Crippen molar-refractivity contribution in [3.05, 3.63) is 42.1 Å². The molecule has 1 aromatic carbocycles. The number of para-hydroxylation sites is 1. The summed E-state index contributed by atoms with van der Waals surface area (Å²) in [7, 11) is 3.16. The number of hydrogen-bond donors (Lipinski definition) is 2. The number of nitrogen functional groups attached to an aromatic ring is 1. The number of nitrogens with one attached hydrogen (secondary N) is 1. The zero-order valence-electron chi connectivity index (χ0n) is 11.4. The Labute approximate surface area is 117 Å². The molecule has 6 heteroatoms. The van der Waals surface area contributed by atoms with Crippen LogP contribution in [-0.2, 0) is 6.61 Å². The van der Waals surface area contributed by atoms with Crippen molar-refractivity contribution in [2.24, 2.45) is 5.84 Å². The lowest BCUT2D eigenvalue weighted by atomic mass is 10.3. The van der Waals surface area contributed by atoms with Crippen molar-refractivity contribution in [3.8, 4) is 17.2 Å². The Morgan fingerprint density at radius 3 is 2.30 bits per heavy atom. The average molecular weight is 275 g/mol. The molecule has 0 aliphatic carbocycles. The molecule has 106 valence electrons. The van der Waals surface area contributed by atoms with E-state index < -0.39 is 0 Å². The van der Waals surface area contributed by atoms with E-state index in [1.807, 2.05) is 30.3 Å². The van der Waals surface area contributed by atoms with Gasteiger partial charge in [0, 0.05) is 0 Å². The quantitative estimate of drug-likeness (QED) is 0.620. The molecule has 0 saturated carbocycles. The van der Waals surface area contributed by atoms with Gasteiger partial charge in [0.05, 0.1) is 19.9 Å². The first kappa shape index (κ1) is 14.0. The molecule has 1 heterocycles. The number of rotatable bonds is 6. The topological polar surface area (TPSA) is 78.6 Å². The van der Waals surface area contributed by atoms with Crippen LogP contribution in [0.3, 0.4) is 0 Å². The molecule has 0 radical (unpaired) electrons. The van der Waals surface area contributed by atoms with Crippen molar-refractivity contribution in [2.45, 2.75) is 6.61 Å². The maximum atomic E-state index is 5.75. The number of hydrazine groups is 1. The summed E-state index contributed by atoms with van der Waals surface area (Å²) in [6, 6.07) is 10.9. The molecule has 2 rings (SSSR count). The Morgan fingerprint density at radius 1 is 1.05 bits per heavy atom. The minimum atomic E-state index is 0.284. The maximum absolute atomic E-state index is 5.75. The molecule has 1 aromatic heterocycles. The van der Waals surface area contributed by atoms with E-state index in [2.05, 4.69) is 10.4 Å². The number of anilines is 1. The third kappa shape index (κ3) is 3.10. The summed E-state index contributed by atoms with van der Waals surface area (Å²) >= 11 is 0. The lowest BCUT2D eigenvalue weighted by molar-refractivity contribution is 0.263. The highest BCUT2D eigenvalue weighted by atomic mass is 16.5. The lowest BCUT2D eigenvalue weighted by Crippen LogP contribution is -2.10. The van der Waals surface area contributed by atoms with Crippen LogP contribution < -0.4 is 25.5 Å². The Balaban J connectivity index is 2.17. The number of benzene rings is 1. The van der Waals surface area contributed by atoms with Crippen molar-refractivity contribution >= 4 is 5.82 Å². The maximum Gasteiger partial charge on any atom is 0.203 e. The normalized spacial score (nSPS) is 9.95. The Bertz CT molecular complexity index is 553. The molecule has 0 aliphatic rings. The summed E-state index contributed by atoms with van der Waals surface area (Å²) in [6.45, 7) is 0.284. The van der Waals surface area contributed by atoms with Crippen LogP contribution in [0.25, 0.3) is 0 Å². The second-order valence-corrected chi connectivity index (χ2v) is 3.94. The second kappa shape index (κ2) is 6.63. The highest BCUT2D eigenvalue weighted by Crippen LogP contribution is 2.37. The molecule has 0 spiro atoms. The summed E-state index contributed by atoms with van der Waals surface area (Å²) in [5.74, 6) is 7.67. The summed E-state index contributed by atoms with van der Waals surface area (Å²) in [5, 5.41) is 0. The second-order valence-electron chi connectivity index (χ2n) is 3.94. The van der Waals surface area contributed by atoms with Gasteiger partial charge in [-0.15, -0.1) is 0 Å². The van der Waals surface area contributed by atoms with Crippen LogP contribution in [0.5, 0.6) is 17.2 Å². The number of pyridine rings is 1. The largest absolute Gasteiger partial charge is 0.493 e. The smallest absolute Gasteiger partial charge is 0.203 e. The average Bonchev–Trinajstić information content (AvgIpc) is 2.52. The van der Waals surface area contributed by atoms with Crippen LogP contribution in [0.1, 0.15) is 5.69 Å². The van der Waals surface area contributed by atoms with Gasteiger partial charge in [0.1, 0.15) is 12.4 Å². The van der Waals surface area contributed by atoms with E-state index in [1.165, 1.54) is 0 Å². The Hall–Kier alpha value is -2.47. The minimum absolute atomic E-state index is 0.284. The predicted molar refractivity (Wildman–Crippen MR) is 75.9 cm³/mol. The van der Waals surface area contributed by atoms with Crippen LogP contribution in [0.2, 0.25) is 0 Å². The molecule has 20 heavy (non-hydrogen) atoms. The van der Waals surface area contributed by atoms with E-state index in [0.717, 1.165) is 5.69 Å². The van der Waals surface area contributed by atoms with Crippen LogP contribution in [0, 0.1) is 0 Å². The molecule has 3 N–H and O–H groups in total. The summed E-state index contributed by atoms with van der Waals surface area (Å²) in [5.41, 5.74) is 3.24. The van der Waals surface area contributed by atoms with Crippen molar-refractivity contribution in [2.75, 3.05) is 19.6 Å². The molecule has 0 amide bonds. The van der Waals surface area contributed by atoms with Crippen molar-refractivity contribution in [1.29, 1.82) is 0 Å². The van der Waals surface area contributed by atoms with Crippen LogP contribution in [0.4, 0.5) is 5.82 Å². The highest BCUT2D eigenvalue weighted by Gasteiger charge is 2.11. The third-order valence-electron chi connectivity index (χ3n) is 2.70. The minimum Gasteiger partial charge on any atom is -0.493 e. The number of nitrogens with zero attached hydrogens (tertiary/aromatic N) is 1. The van der Waals surface area contributed by atoms with E-state index in [0.29, 0.717) is 23.1 Å².